The van der Waals surface area contributed by atoms with Crippen LogP contribution in [0.5, 0.6) is 0 Å². The Bertz CT molecular complexity index is 1010. The fourth-order valence-electron chi connectivity index (χ4n) is 2.81. The van der Waals surface area contributed by atoms with E-state index in [1.807, 2.05) is 24.4 Å². The second kappa shape index (κ2) is 6.90. The van der Waals surface area contributed by atoms with Crippen molar-refractivity contribution in [2.24, 2.45) is 0 Å². The molecule has 1 N–H and O–H groups in total. The van der Waals surface area contributed by atoms with Crippen LogP contribution >= 0.6 is 23.4 Å². The van der Waals surface area contributed by atoms with E-state index < -0.39 is 0 Å². The highest BCUT2D eigenvalue weighted by atomic mass is 35.5. The number of hydrogen-bond donors (Lipinski definition) is 1. The summed E-state index contributed by atoms with van der Waals surface area (Å²) in [4.78, 5) is 12.1. The molecule has 0 saturated heterocycles. The Hall–Kier alpha value is -2.30. The predicted octanol–water partition coefficient (Wildman–Crippen LogP) is 6.06. The number of nitrogens with one attached hydrogen (secondary N) is 1. The van der Waals surface area contributed by atoms with E-state index in [1.165, 1.54) is 0 Å². The van der Waals surface area contributed by atoms with Crippen molar-refractivity contribution in [1.29, 1.82) is 0 Å². The first-order valence-electron chi connectivity index (χ1n) is 8.07. The molecule has 0 bridgehead atoms. The maximum atomic E-state index is 6.52. The van der Waals surface area contributed by atoms with Gasteiger partial charge in [0.05, 0.1) is 16.1 Å². The van der Waals surface area contributed by atoms with Gasteiger partial charge < -0.3 is 4.98 Å². The van der Waals surface area contributed by atoms with Gasteiger partial charge in [0.2, 0.25) is 0 Å². The van der Waals surface area contributed by atoms with Crippen LogP contribution < -0.4 is 0 Å². The molecule has 5 heteroatoms. The Morgan fingerprint density at radius 1 is 1.04 bits per heavy atom. The topological polar surface area (TPSA) is 41.6 Å². The molecular weight excluding hydrogens is 350 g/mol. The third-order valence-electron chi connectivity index (χ3n) is 4.02. The average molecular weight is 366 g/mol. The summed E-state index contributed by atoms with van der Waals surface area (Å²) in [5.41, 5.74) is 6.21. The Balaban J connectivity index is 1.72. The molecule has 2 aromatic carbocycles. The van der Waals surface area contributed by atoms with Gasteiger partial charge in [-0.15, -0.1) is 0 Å². The first kappa shape index (κ1) is 16.2. The summed E-state index contributed by atoms with van der Waals surface area (Å²) >= 11 is 8.21. The average Bonchev–Trinajstić information content (AvgIpc) is 3.03. The standard InChI is InChI=1S/C20H16ClN3S/c1-2-25-20-23-18-10-16(17(21)11-19(18)24-20)14-7-5-13(6-8-14)15-4-3-9-22-12-15/h3-12H,2H2,1H3,(H,23,24). The minimum Gasteiger partial charge on any atom is -0.333 e. The van der Waals surface area contributed by atoms with Crippen LogP contribution in [0.2, 0.25) is 5.02 Å². The highest BCUT2D eigenvalue weighted by Gasteiger charge is 2.10. The molecule has 0 aliphatic rings. The molecule has 2 heterocycles. The van der Waals surface area contributed by atoms with Crippen LogP contribution in [0.4, 0.5) is 0 Å². The van der Waals surface area contributed by atoms with Crippen molar-refractivity contribution in [2.45, 2.75) is 12.1 Å². The molecule has 124 valence electrons. The maximum absolute atomic E-state index is 6.52. The number of rotatable bonds is 4. The van der Waals surface area contributed by atoms with Gasteiger partial charge in [-0.2, -0.15) is 0 Å². The minimum absolute atomic E-state index is 0.721. The number of fused-ring (bicyclic) bond motifs is 1. The lowest BCUT2D eigenvalue weighted by molar-refractivity contribution is 1.08. The molecule has 25 heavy (non-hydrogen) atoms. The largest absolute Gasteiger partial charge is 0.333 e. The summed E-state index contributed by atoms with van der Waals surface area (Å²) < 4.78 is 0. The molecule has 0 atom stereocenters. The zero-order valence-corrected chi connectivity index (χ0v) is 15.2. The molecule has 0 fully saturated rings. The molecule has 2 aromatic heterocycles. The van der Waals surface area contributed by atoms with Crippen LogP contribution in [0.3, 0.4) is 0 Å². The summed E-state index contributed by atoms with van der Waals surface area (Å²) in [5.74, 6) is 0.982. The highest BCUT2D eigenvalue weighted by molar-refractivity contribution is 7.99. The molecule has 0 amide bonds. The molecule has 0 radical (unpaired) electrons. The second-order valence-electron chi connectivity index (χ2n) is 5.64. The molecular formula is C20H16ClN3S. The van der Waals surface area contributed by atoms with Gasteiger partial charge in [0.1, 0.15) is 0 Å². The van der Waals surface area contributed by atoms with Crippen LogP contribution in [0, 0.1) is 0 Å². The Kier molecular flexibility index (Phi) is 4.47. The van der Waals surface area contributed by atoms with Gasteiger partial charge in [0, 0.05) is 18.0 Å². The van der Waals surface area contributed by atoms with E-state index in [0.717, 1.165) is 49.2 Å². The number of halogens is 1. The van der Waals surface area contributed by atoms with Crippen LogP contribution in [0.15, 0.2) is 66.1 Å². The van der Waals surface area contributed by atoms with Gasteiger partial charge in [0.25, 0.3) is 0 Å². The van der Waals surface area contributed by atoms with Crippen molar-refractivity contribution in [3.63, 3.8) is 0 Å². The normalized spacial score (nSPS) is 11.1. The van der Waals surface area contributed by atoms with Crippen molar-refractivity contribution >= 4 is 34.4 Å². The van der Waals surface area contributed by atoms with E-state index in [-0.39, 0.29) is 0 Å². The van der Waals surface area contributed by atoms with E-state index in [1.54, 1.807) is 18.0 Å². The SMILES string of the molecule is CCSc1nc2cc(-c3ccc(-c4cccnc4)cc3)c(Cl)cc2[nH]1. The fraction of sp³-hybridized carbons (Fsp3) is 0.100. The van der Waals surface area contributed by atoms with Gasteiger partial charge >= 0.3 is 0 Å². The third kappa shape index (κ3) is 3.28. The molecule has 0 spiro atoms. The lowest BCUT2D eigenvalue weighted by Gasteiger charge is -2.07. The smallest absolute Gasteiger partial charge is 0.166 e. The van der Waals surface area contributed by atoms with Crippen molar-refractivity contribution in [3.8, 4) is 22.3 Å². The highest BCUT2D eigenvalue weighted by Crippen LogP contribution is 2.33. The third-order valence-corrected chi connectivity index (χ3v) is 5.09. The number of aromatic amines is 1. The minimum atomic E-state index is 0.721. The molecule has 0 saturated carbocycles. The van der Waals surface area contributed by atoms with Crippen molar-refractivity contribution in [1.82, 2.24) is 15.0 Å². The van der Waals surface area contributed by atoms with Crippen molar-refractivity contribution < 1.29 is 0 Å². The number of thioether (sulfide) groups is 1. The zero-order chi connectivity index (χ0) is 17.2. The Morgan fingerprint density at radius 2 is 1.84 bits per heavy atom. The van der Waals surface area contributed by atoms with Gasteiger partial charge in [0.15, 0.2) is 5.16 Å². The number of imidazole rings is 1. The summed E-state index contributed by atoms with van der Waals surface area (Å²) in [6.45, 7) is 2.11. The van der Waals surface area contributed by atoms with Crippen molar-refractivity contribution in [3.05, 3.63) is 65.9 Å². The predicted molar refractivity (Wildman–Crippen MR) is 106 cm³/mol. The van der Waals surface area contributed by atoms with E-state index in [4.69, 9.17) is 11.6 Å². The lowest BCUT2D eigenvalue weighted by atomic mass is 10.0. The molecule has 4 aromatic rings. The first-order valence-corrected chi connectivity index (χ1v) is 9.44. The van der Waals surface area contributed by atoms with Gasteiger partial charge in [-0.05, 0) is 40.6 Å². The van der Waals surface area contributed by atoms with E-state index in [0.29, 0.717) is 0 Å². The number of benzene rings is 2. The molecule has 0 unspecified atom stereocenters. The van der Waals surface area contributed by atoms with Crippen LogP contribution in [0.1, 0.15) is 6.92 Å². The number of pyridine rings is 1. The summed E-state index contributed by atoms with van der Waals surface area (Å²) in [6, 6.07) is 16.4. The van der Waals surface area contributed by atoms with E-state index in [2.05, 4.69) is 52.2 Å². The summed E-state index contributed by atoms with van der Waals surface area (Å²) in [5, 5.41) is 1.65. The first-order chi connectivity index (χ1) is 12.2. The van der Waals surface area contributed by atoms with Crippen molar-refractivity contribution in [2.75, 3.05) is 5.75 Å². The molecule has 0 aliphatic heterocycles. The second-order valence-corrected chi connectivity index (χ2v) is 7.30. The molecule has 0 aliphatic carbocycles. The summed E-state index contributed by atoms with van der Waals surface area (Å²) in [6.07, 6.45) is 3.65. The number of hydrogen-bond acceptors (Lipinski definition) is 3. The Labute approximate surface area is 155 Å². The molecule has 3 nitrogen and oxygen atoms in total. The van der Waals surface area contributed by atoms with Crippen LogP contribution in [0.25, 0.3) is 33.3 Å². The zero-order valence-electron chi connectivity index (χ0n) is 13.7. The number of nitrogens with zero attached hydrogens (tertiary/aromatic N) is 2. The fourth-order valence-corrected chi connectivity index (χ4v) is 3.70. The quantitative estimate of drug-likeness (QED) is 0.447. The monoisotopic (exact) mass is 365 g/mol. The maximum Gasteiger partial charge on any atom is 0.166 e. The van der Waals surface area contributed by atoms with E-state index in [9.17, 15) is 0 Å². The van der Waals surface area contributed by atoms with E-state index >= 15 is 0 Å². The van der Waals surface area contributed by atoms with Crippen LogP contribution in [-0.2, 0) is 0 Å². The number of H-pyrrole nitrogens is 1. The van der Waals surface area contributed by atoms with Gasteiger partial charge in [-0.25, -0.2) is 4.98 Å². The van der Waals surface area contributed by atoms with Gasteiger partial charge in [-0.3, -0.25) is 4.98 Å². The number of aromatic nitrogens is 3. The lowest BCUT2D eigenvalue weighted by Crippen LogP contribution is -1.83. The molecule has 4 rings (SSSR count). The summed E-state index contributed by atoms with van der Waals surface area (Å²) in [7, 11) is 0. The van der Waals surface area contributed by atoms with Gasteiger partial charge in [-0.1, -0.05) is 60.6 Å². The Morgan fingerprint density at radius 3 is 2.56 bits per heavy atom. The van der Waals surface area contributed by atoms with Crippen LogP contribution in [-0.4, -0.2) is 20.7 Å².